The minimum absolute atomic E-state index is 0.143. The van der Waals surface area contributed by atoms with Crippen LogP contribution in [0.5, 0.6) is 0 Å². The summed E-state index contributed by atoms with van der Waals surface area (Å²) in [6.45, 7) is 0.452. The summed E-state index contributed by atoms with van der Waals surface area (Å²) in [6, 6.07) is 20.6. The Morgan fingerprint density at radius 1 is 0.938 bits per heavy atom. The molecule has 3 aromatic carbocycles. The summed E-state index contributed by atoms with van der Waals surface area (Å²) in [6.07, 6.45) is 1.87. The molecule has 1 aliphatic heterocycles. The standard InChI is InChI=1S/C24H14BrN5O2/c25-16-7-8-19-17(11-16)24(32)30-21-9-6-14(10-18(21)22(31)23(30)26-19)12-29-13-20(27-28-29)15-4-2-1-3-5-15/h1-11,13H,12H2. The van der Waals surface area contributed by atoms with Gasteiger partial charge in [0.1, 0.15) is 5.69 Å². The molecule has 5 aromatic rings. The molecule has 154 valence electrons. The fourth-order valence-corrected chi connectivity index (χ4v) is 4.38. The Morgan fingerprint density at radius 2 is 1.78 bits per heavy atom. The largest absolute Gasteiger partial charge is 0.285 e. The van der Waals surface area contributed by atoms with E-state index >= 15 is 0 Å². The molecule has 1 aliphatic rings. The molecule has 6 rings (SSSR count). The molecule has 0 spiro atoms. The van der Waals surface area contributed by atoms with Gasteiger partial charge in [0.25, 0.3) is 5.56 Å². The molecular weight excluding hydrogens is 470 g/mol. The van der Waals surface area contributed by atoms with Crippen molar-refractivity contribution in [2.75, 3.05) is 0 Å². The van der Waals surface area contributed by atoms with Gasteiger partial charge in [-0.05, 0) is 35.9 Å². The van der Waals surface area contributed by atoms with Crippen molar-refractivity contribution in [1.82, 2.24) is 24.5 Å². The van der Waals surface area contributed by atoms with Crippen LogP contribution in [0.4, 0.5) is 0 Å². The Kier molecular flexibility index (Phi) is 4.16. The number of fused-ring (bicyclic) bond motifs is 4. The first-order valence-electron chi connectivity index (χ1n) is 9.94. The zero-order valence-electron chi connectivity index (χ0n) is 16.6. The van der Waals surface area contributed by atoms with Crippen LogP contribution in [0, 0.1) is 0 Å². The molecule has 0 saturated heterocycles. The minimum atomic E-state index is -0.257. The quantitative estimate of drug-likeness (QED) is 0.379. The van der Waals surface area contributed by atoms with E-state index in [1.54, 1.807) is 35.0 Å². The van der Waals surface area contributed by atoms with Gasteiger partial charge >= 0.3 is 0 Å². The van der Waals surface area contributed by atoms with E-state index in [4.69, 9.17) is 0 Å². The Bertz CT molecular complexity index is 1600. The van der Waals surface area contributed by atoms with Crippen molar-refractivity contribution in [1.29, 1.82) is 0 Å². The van der Waals surface area contributed by atoms with Gasteiger partial charge in [0.2, 0.25) is 5.78 Å². The highest BCUT2D eigenvalue weighted by atomic mass is 79.9. The van der Waals surface area contributed by atoms with E-state index in [0.29, 0.717) is 28.7 Å². The molecule has 0 radical (unpaired) electrons. The van der Waals surface area contributed by atoms with Crippen molar-refractivity contribution in [2.24, 2.45) is 0 Å². The summed E-state index contributed by atoms with van der Waals surface area (Å²) < 4.78 is 3.92. The number of rotatable bonds is 3. The fourth-order valence-electron chi connectivity index (χ4n) is 4.02. The number of halogens is 1. The average Bonchev–Trinajstić information content (AvgIpc) is 3.38. The van der Waals surface area contributed by atoms with Crippen LogP contribution in [0.3, 0.4) is 0 Å². The van der Waals surface area contributed by atoms with Crippen molar-refractivity contribution in [3.05, 3.63) is 105 Å². The van der Waals surface area contributed by atoms with E-state index in [1.807, 2.05) is 42.6 Å². The van der Waals surface area contributed by atoms with Crippen LogP contribution < -0.4 is 5.56 Å². The van der Waals surface area contributed by atoms with Crippen LogP contribution in [-0.2, 0) is 6.54 Å². The molecule has 3 heterocycles. The predicted octanol–water partition coefficient (Wildman–Crippen LogP) is 4.00. The van der Waals surface area contributed by atoms with Gasteiger partial charge in [0.05, 0.1) is 34.9 Å². The number of hydrogen-bond donors (Lipinski definition) is 0. The molecule has 0 bridgehead atoms. The summed E-state index contributed by atoms with van der Waals surface area (Å²) in [7, 11) is 0. The van der Waals surface area contributed by atoms with Crippen LogP contribution in [-0.4, -0.2) is 30.3 Å². The normalized spacial score (nSPS) is 12.2. The molecule has 0 amide bonds. The average molecular weight is 484 g/mol. The minimum Gasteiger partial charge on any atom is -0.285 e. The second kappa shape index (κ2) is 7.06. The van der Waals surface area contributed by atoms with Crippen molar-refractivity contribution in [3.63, 3.8) is 0 Å². The SMILES string of the molecule is O=C1c2cc(Cn3cc(-c4ccccc4)nn3)ccc2-n2c1nc1ccc(Br)cc1c2=O. The van der Waals surface area contributed by atoms with Gasteiger partial charge in [-0.15, -0.1) is 5.10 Å². The Hall–Kier alpha value is -3.91. The lowest BCUT2D eigenvalue weighted by atomic mass is 10.1. The Balaban J connectivity index is 1.38. The summed E-state index contributed by atoms with van der Waals surface area (Å²) in [4.78, 5) is 30.7. The van der Waals surface area contributed by atoms with Gasteiger partial charge in [-0.1, -0.05) is 57.5 Å². The van der Waals surface area contributed by atoms with Crippen LogP contribution >= 0.6 is 15.9 Å². The number of nitrogens with zero attached hydrogens (tertiary/aromatic N) is 5. The van der Waals surface area contributed by atoms with E-state index in [9.17, 15) is 9.59 Å². The van der Waals surface area contributed by atoms with Crippen LogP contribution in [0.15, 0.2) is 82.2 Å². The van der Waals surface area contributed by atoms with Gasteiger partial charge in [-0.2, -0.15) is 0 Å². The molecule has 0 fully saturated rings. The second-order valence-electron chi connectivity index (χ2n) is 7.59. The van der Waals surface area contributed by atoms with Crippen LogP contribution in [0.2, 0.25) is 0 Å². The maximum absolute atomic E-state index is 13.1. The predicted molar refractivity (Wildman–Crippen MR) is 123 cm³/mol. The van der Waals surface area contributed by atoms with Gasteiger partial charge in [0.15, 0.2) is 5.82 Å². The lowest BCUT2D eigenvalue weighted by Gasteiger charge is -2.07. The molecule has 32 heavy (non-hydrogen) atoms. The number of hydrogen-bond acceptors (Lipinski definition) is 5. The first-order chi connectivity index (χ1) is 15.6. The van der Waals surface area contributed by atoms with Crippen molar-refractivity contribution in [2.45, 2.75) is 6.54 Å². The molecular formula is C24H14BrN5O2. The van der Waals surface area contributed by atoms with Crippen LogP contribution in [0.25, 0.3) is 27.8 Å². The fraction of sp³-hybridized carbons (Fsp3) is 0.0417. The van der Waals surface area contributed by atoms with Gasteiger partial charge < -0.3 is 0 Å². The van der Waals surface area contributed by atoms with Crippen molar-refractivity contribution in [3.8, 4) is 16.9 Å². The van der Waals surface area contributed by atoms with Crippen LogP contribution in [0.1, 0.15) is 21.7 Å². The van der Waals surface area contributed by atoms with E-state index in [0.717, 1.165) is 21.3 Å². The highest BCUT2D eigenvalue weighted by molar-refractivity contribution is 9.10. The van der Waals surface area contributed by atoms with Gasteiger partial charge in [0, 0.05) is 10.0 Å². The molecule has 0 atom stereocenters. The maximum atomic E-state index is 13.1. The van der Waals surface area contributed by atoms with Gasteiger partial charge in [-0.3, -0.25) is 14.2 Å². The smallest absolute Gasteiger partial charge is 0.266 e. The zero-order chi connectivity index (χ0) is 21.8. The first-order valence-corrected chi connectivity index (χ1v) is 10.7. The lowest BCUT2D eigenvalue weighted by Crippen LogP contribution is -2.21. The Morgan fingerprint density at radius 3 is 2.62 bits per heavy atom. The third-order valence-corrected chi connectivity index (χ3v) is 6.03. The van der Waals surface area contributed by atoms with Gasteiger partial charge in [-0.25, -0.2) is 9.67 Å². The molecule has 0 unspecified atom stereocenters. The monoisotopic (exact) mass is 483 g/mol. The molecule has 2 aromatic heterocycles. The number of carbonyl (C=O) groups excluding carboxylic acids is 1. The maximum Gasteiger partial charge on any atom is 0.266 e. The van der Waals surface area contributed by atoms with E-state index in [-0.39, 0.29) is 17.2 Å². The van der Waals surface area contributed by atoms with Crippen molar-refractivity contribution < 1.29 is 4.79 Å². The third-order valence-electron chi connectivity index (χ3n) is 5.53. The molecule has 8 heteroatoms. The van der Waals surface area contributed by atoms with Crippen molar-refractivity contribution >= 4 is 32.6 Å². The molecule has 0 aliphatic carbocycles. The summed E-state index contributed by atoms with van der Waals surface area (Å²) in [5.41, 5.74) is 3.92. The number of aromatic nitrogens is 5. The topological polar surface area (TPSA) is 82.7 Å². The lowest BCUT2D eigenvalue weighted by molar-refractivity contribution is 0.103. The van der Waals surface area contributed by atoms with E-state index in [1.165, 1.54) is 4.57 Å². The third kappa shape index (κ3) is 2.91. The summed E-state index contributed by atoms with van der Waals surface area (Å²) in [5, 5.41) is 8.91. The number of benzene rings is 3. The molecule has 7 nitrogen and oxygen atoms in total. The highest BCUT2D eigenvalue weighted by Gasteiger charge is 2.30. The first kappa shape index (κ1) is 18.8. The number of ketones is 1. The van der Waals surface area contributed by atoms with E-state index in [2.05, 4.69) is 31.2 Å². The number of carbonyl (C=O) groups is 1. The van der Waals surface area contributed by atoms with E-state index < -0.39 is 0 Å². The highest BCUT2D eigenvalue weighted by Crippen LogP contribution is 2.28. The summed E-state index contributed by atoms with van der Waals surface area (Å²) >= 11 is 3.39. The second-order valence-corrected chi connectivity index (χ2v) is 8.50. The summed E-state index contributed by atoms with van der Waals surface area (Å²) in [5.74, 6) is -0.114. The molecule has 0 N–H and O–H groups in total. The molecule has 0 saturated carbocycles. The zero-order valence-corrected chi connectivity index (χ0v) is 18.2. The Labute approximate surface area is 190 Å².